The molecule has 0 aliphatic carbocycles. The molecule has 318 valence electrons. The zero-order valence-electron chi connectivity index (χ0n) is 35.5. The molecule has 1 unspecified atom stereocenters. The van der Waals surface area contributed by atoms with E-state index in [0.29, 0.717) is 42.4 Å². The van der Waals surface area contributed by atoms with E-state index in [4.69, 9.17) is 14.5 Å². The Morgan fingerprint density at radius 1 is 0.742 bits per heavy atom. The molecule has 5 aromatic rings. The van der Waals surface area contributed by atoms with E-state index in [2.05, 4.69) is 74.4 Å². The first-order valence-electron chi connectivity index (χ1n) is 20.7. The van der Waals surface area contributed by atoms with Crippen LogP contribution in [0.15, 0.2) is 85.2 Å². The van der Waals surface area contributed by atoms with Crippen LogP contribution >= 0.6 is 0 Å². The van der Waals surface area contributed by atoms with Gasteiger partial charge in [0.15, 0.2) is 0 Å². The van der Waals surface area contributed by atoms with Gasteiger partial charge in [-0.2, -0.15) is 0 Å². The number of aromatic nitrogens is 4. The summed E-state index contributed by atoms with van der Waals surface area (Å²) in [6, 6.07) is 21.1. The molecule has 0 radical (unpaired) electrons. The Bertz CT molecular complexity index is 2560. The molecule has 2 saturated heterocycles. The Morgan fingerprint density at radius 3 is 2.06 bits per heavy atom. The smallest absolute Gasteiger partial charge is 0.407 e. The van der Waals surface area contributed by atoms with Crippen molar-refractivity contribution in [2.24, 2.45) is 5.92 Å². The minimum absolute atomic E-state index is 0.133. The molecule has 2 aliphatic rings. The van der Waals surface area contributed by atoms with E-state index in [1.807, 2.05) is 56.3 Å². The quantitative estimate of drug-likeness (QED) is 0.109. The summed E-state index contributed by atoms with van der Waals surface area (Å²) in [6.07, 6.45) is 5.15. The van der Waals surface area contributed by atoms with Crippen molar-refractivity contribution in [1.82, 2.24) is 40.4 Å². The third kappa shape index (κ3) is 9.50. The van der Waals surface area contributed by atoms with Gasteiger partial charge in [-0.15, -0.1) is 0 Å². The SMILES string of the molecule is COC(=O)N[C@H](C(=O)N1CCC[C@H]1c1ncc(-c2ccc(C#CC#Cc3cnc(C4CCCN4C(=O)[C@H](NC(=O)OC)c4ccccc4)[nH]3)c(-c3ccccc3C)c2)[nH]1)C(C)C. The van der Waals surface area contributed by atoms with Gasteiger partial charge in [-0.1, -0.05) is 80.4 Å². The number of hydrogen-bond acceptors (Lipinski definition) is 8. The van der Waals surface area contributed by atoms with Gasteiger partial charge < -0.3 is 39.9 Å². The Kier molecular flexibility index (Phi) is 13.4. The van der Waals surface area contributed by atoms with Gasteiger partial charge in [0.05, 0.1) is 44.4 Å². The molecule has 14 nitrogen and oxygen atoms in total. The molecule has 2 fully saturated rings. The van der Waals surface area contributed by atoms with Crippen LogP contribution in [-0.2, 0) is 19.1 Å². The lowest BCUT2D eigenvalue weighted by Gasteiger charge is -2.30. The summed E-state index contributed by atoms with van der Waals surface area (Å²) >= 11 is 0. The van der Waals surface area contributed by atoms with E-state index >= 15 is 0 Å². The van der Waals surface area contributed by atoms with Gasteiger partial charge in [-0.25, -0.2) is 19.6 Å². The van der Waals surface area contributed by atoms with Crippen LogP contribution in [0.1, 0.15) is 91.7 Å². The summed E-state index contributed by atoms with van der Waals surface area (Å²) in [5.41, 5.74) is 6.77. The number of aryl methyl sites for hydroxylation is 1. The molecule has 4 amide bonds. The topological polar surface area (TPSA) is 175 Å². The van der Waals surface area contributed by atoms with Gasteiger partial charge in [0, 0.05) is 24.2 Å². The number of imidazole rings is 2. The van der Waals surface area contributed by atoms with Crippen LogP contribution in [0.25, 0.3) is 22.4 Å². The number of amides is 4. The highest BCUT2D eigenvalue weighted by Crippen LogP contribution is 2.36. The van der Waals surface area contributed by atoms with Crippen LogP contribution in [0.3, 0.4) is 0 Å². The molecule has 4 N–H and O–H groups in total. The number of likely N-dealkylation sites (tertiary alicyclic amines) is 2. The van der Waals surface area contributed by atoms with Gasteiger partial charge in [0.1, 0.15) is 29.4 Å². The van der Waals surface area contributed by atoms with E-state index in [0.717, 1.165) is 52.8 Å². The molecule has 7 rings (SSSR count). The maximum atomic E-state index is 13.9. The van der Waals surface area contributed by atoms with E-state index in [1.165, 1.54) is 14.2 Å². The number of carbonyl (C=O) groups excluding carboxylic acids is 4. The molecule has 2 aliphatic heterocycles. The first kappa shape index (κ1) is 42.8. The average Bonchev–Trinajstić information content (AvgIpc) is 4.14. The summed E-state index contributed by atoms with van der Waals surface area (Å²) in [6.45, 7) is 6.93. The molecular formula is C48H50N8O6. The van der Waals surface area contributed by atoms with Crippen molar-refractivity contribution in [3.8, 4) is 46.1 Å². The largest absolute Gasteiger partial charge is 0.453 e. The zero-order valence-corrected chi connectivity index (χ0v) is 35.5. The highest BCUT2D eigenvalue weighted by Gasteiger charge is 2.38. The standard InChI is InChI=1S/C48H50N8O6/c1-30(2)41(53-47(59)61-4)45(57)55-25-14-22-40(55)44-50-29-38(52-44)34-24-23-32(37(27-34)36-20-12-9-15-31(36)3)16-10-11-19-35-28-49-43(51-35)39-21-13-26-56(39)46(58)42(54-48(60)62-5)33-17-7-6-8-18-33/h6-9,12,15,17-18,20,23-24,27-30,39-42H,13-14,21-22,25-26H2,1-5H3,(H,49,51)(H,50,52)(H,53,59)(H,54,60)/t39?,40-,41-,42+/m0/s1. The fourth-order valence-electron chi connectivity index (χ4n) is 8.12. The maximum absolute atomic E-state index is 13.9. The van der Waals surface area contributed by atoms with E-state index in [-0.39, 0.29) is 29.8 Å². The minimum Gasteiger partial charge on any atom is -0.453 e. The van der Waals surface area contributed by atoms with Gasteiger partial charge >= 0.3 is 12.2 Å². The number of H-pyrrole nitrogens is 2. The summed E-state index contributed by atoms with van der Waals surface area (Å²) in [5, 5.41) is 5.39. The van der Waals surface area contributed by atoms with Crippen molar-refractivity contribution >= 4 is 24.0 Å². The summed E-state index contributed by atoms with van der Waals surface area (Å²) in [5.74, 6) is 13.1. The number of nitrogens with one attached hydrogen (secondary N) is 4. The molecule has 3 aromatic carbocycles. The number of methoxy groups -OCH3 is 2. The highest BCUT2D eigenvalue weighted by molar-refractivity contribution is 5.88. The molecule has 0 saturated carbocycles. The average molecular weight is 835 g/mol. The van der Waals surface area contributed by atoms with Gasteiger partial charge in [0.2, 0.25) is 5.91 Å². The lowest BCUT2D eigenvalue weighted by Crippen LogP contribution is -2.51. The monoisotopic (exact) mass is 834 g/mol. The number of benzene rings is 3. The van der Waals surface area contributed by atoms with Crippen molar-refractivity contribution in [3.63, 3.8) is 0 Å². The van der Waals surface area contributed by atoms with Crippen molar-refractivity contribution in [1.29, 1.82) is 0 Å². The molecule has 2 aromatic heterocycles. The lowest BCUT2D eigenvalue weighted by atomic mass is 9.94. The summed E-state index contributed by atoms with van der Waals surface area (Å²) < 4.78 is 9.60. The van der Waals surface area contributed by atoms with Crippen LogP contribution in [0.2, 0.25) is 0 Å². The molecule has 14 heteroatoms. The second-order valence-corrected chi connectivity index (χ2v) is 15.7. The number of carbonyl (C=O) groups is 4. The number of aromatic amines is 2. The van der Waals surface area contributed by atoms with Crippen LogP contribution in [0, 0.1) is 36.5 Å². The number of ether oxygens (including phenoxy) is 2. The Labute approximate surface area is 361 Å². The van der Waals surface area contributed by atoms with Gasteiger partial charge in [-0.05, 0) is 90.7 Å². The third-order valence-electron chi connectivity index (χ3n) is 11.3. The molecule has 0 bridgehead atoms. The first-order chi connectivity index (χ1) is 30.1. The molecule has 4 heterocycles. The maximum Gasteiger partial charge on any atom is 0.407 e. The molecule has 4 atom stereocenters. The fraction of sp³-hybridized carbons (Fsp3) is 0.333. The normalized spacial score (nSPS) is 16.7. The van der Waals surface area contributed by atoms with Crippen molar-refractivity contribution in [3.05, 3.63) is 119 Å². The number of nitrogens with zero attached hydrogens (tertiary/aromatic N) is 4. The molecular weight excluding hydrogens is 785 g/mol. The summed E-state index contributed by atoms with van der Waals surface area (Å²) in [4.78, 5) is 71.5. The number of hydrogen-bond donors (Lipinski definition) is 4. The highest BCUT2D eigenvalue weighted by atomic mass is 16.5. The predicted molar refractivity (Wildman–Crippen MR) is 233 cm³/mol. The van der Waals surface area contributed by atoms with Crippen LogP contribution in [0.4, 0.5) is 9.59 Å². The molecule has 62 heavy (non-hydrogen) atoms. The zero-order chi connectivity index (χ0) is 43.8. The van der Waals surface area contributed by atoms with Crippen LogP contribution in [0.5, 0.6) is 0 Å². The first-order valence-corrected chi connectivity index (χ1v) is 20.7. The van der Waals surface area contributed by atoms with Gasteiger partial charge in [0.25, 0.3) is 5.91 Å². The minimum atomic E-state index is -0.911. The Hall–Kier alpha value is -7.32. The fourth-order valence-corrected chi connectivity index (χ4v) is 8.12. The van der Waals surface area contributed by atoms with Crippen molar-refractivity contribution < 1.29 is 28.7 Å². The number of rotatable bonds is 10. The molecule has 0 spiro atoms. The lowest BCUT2D eigenvalue weighted by molar-refractivity contribution is -0.135. The second-order valence-electron chi connectivity index (χ2n) is 15.7. The van der Waals surface area contributed by atoms with Crippen molar-refractivity contribution in [2.75, 3.05) is 27.3 Å². The summed E-state index contributed by atoms with van der Waals surface area (Å²) in [7, 11) is 2.55. The van der Waals surface area contributed by atoms with Crippen molar-refractivity contribution in [2.45, 2.75) is 70.6 Å². The Morgan fingerprint density at radius 2 is 1.37 bits per heavy atom. The van der Waals surface area contributed by atoms with E-state index in [1.54, 1.807) is 34.3 Å². The predicted octanol–water partition coefficient (Wildman–Crippen LogP) is 6.98. The van der Waals surface area contributed by atoms with Crippen LogP contribution < -0.4 is 10.6 Å². The third-order valence-corrected chi connectivity index (χ3v) is 11.3. The van der Waals surface area contributed by atoms with E-state index in [9.17, 15) is 19.2 Å². The second kappa shape index (κ2) is 19.4. The van der Waals surface area contributed by atoms with Gasteiger partial charge in [-0.3, -0.25) is 9.59 Å². The van der Waals surface area contributed by atoms with Crippen LogP contribution in [-0.4, -0.2) is 87.1 Å². The Balaban J connectivity index is 1.10. The number of alkyl carbamates (subject to hydrolysis) is 2. The van der Waals surface area contributed by atoms with E-state index < -0.39 is 24.3 Å².